The normalized spacial score (nSPS) is 11.4. The van der Waals surface area contributed by atoms with Gasteiger partial charge in [0.25, 0.3) is 0 Å². The number of aliphatic imine (C=N–C) groups is 1. The van der Waals surface area contributed by atoms with Gasteiger partial charge in [-0.05, 0) is 12.1 Å². The number of halogens is 1. The first-order valence-electron chi connectivity index (χ1n) is 4.16. The number of rotatable bonds is 4. The van der Waals surface area contributed by atoms with Gasteiger partial charge in [0.05, 0.1) is 14.2 Å². The fourth-order valence-electron chi connectivity index (χ4n) is 1.12. The number of methoxy groups -OCH3 is 2. The highest BCUT2D eigenvalue weighted by Gasteiger charge is 2.11. The molecule has 0 aliphatic heterocycles. The van der Waals surface area contributed by atoms with Crippen molar-refractivity contribution >= 4 is 6.08 Å². The van der Waals surface area contributed by atoms with Crippen LogP contribution in [0.1, 0.15) is 11.9 Å². The van der Waals surface area contributed by atoms with Gasteiger partial charge in [-0.25, -0.2) is 9.18 Å². The zero-order valence-corrected chi connectivity index (χ0v) is 8.36. The Bertz CT molecular complexity index is 388. The molecule has 80 valence electrons. The van der Waals surface area contributed by atoms with E-state index in [4.69, 9.17) is 9.47 Å². The Hall–Kier alpha value is -1.87. The van der Waals surface area contributed by atoms with E-state index >= 15 is 0 Å². The van der Waals surface area contributed by atoms with Crippen LogP contribution in [0.15, 0.2) is 23.2 Å². The van der Waals surface area contributed by atoms with Crippen LogP contribution < -0.4 is 9.47 Å². The van der Waals surface area contributed by atoms with E-state index in [1.54, 1.807) is 6.07 Å². The van der Waals surface area contributed by atoms with E-state index in [-0.39, 0.29) is 5.56 Å². The first-order chi connectivity index (χ1) is 7.22. The number of nitrogens with zero attached hydrogens (tertiary/aromatic N) is 1. The molecule has 0 fully saturated rings. The summed E-state index contributed by atoms with van der Waals surface area (Å²) in [5, 5.41) is 0. The Balaban J connectivity index is 3.07. The smallest absolute Gasteiger partial charge is 0.238 e. The summed E-state index contributed by atoms with van der Waals surface area (Å²) in [6.07, 6.45) is -0.560. The third-order valence-electron chi connectivity index (χ3n) is 1.85. The van der Waals surface area contributed by atoms with E-state index in [1.165, 1.54) is 26.4 Å². The quantitative estimate of drug-likeness (QED) is 0.435. The molecule has 15 heavy (non-hydrogen) atoms. The zero-order chi connectivity index (χ0) is 11.3. The number of isocyanates is 1. The molecule has 0 aliphatic rings. The topological polar surface area (TPSA) is 47.9 Å². The summed E-state index contributed by atoms with van der Waals surface area (Å²) < 4.78 is 23.1. The summed E-state index contributed by atoms with van der Waals surface area (Å²) in [5.74, 6) is 0.877. The van der Waals surface area contributed by atoms with Gasteiger partial charge in [0.1, 0.15) is 0 Å². The Morgan fingerprint density at radius 2 is 2.00 bits per heavy atom. The fraction of sp³-hybridized carbons (Fsp3) is 0.300. The van der Waals surface area contributed by atoms with Gasteiger partial charge in [-0.15, -0.1) is 0 Å². The Kier molecular flexibility index (Phi) is 3.83. The fourth-order valence-corrected chi connectivity index (χ4v) is 1.12. The molecular formula is C10H10FNO3. The molecule has 1 atom stereocenters. The average Bonchev–Trinajstić information content (AvgIpc) is 2.28. The summed E-state index contributed by atoms with van der Waals surface area (Å²) in [7, 11) is 2.92. The second kappa shape index (κ2) is 5.12. The molecular weight excluding hydrogens is 201 g/mol. The van der Waals surface area contributed by atoms with E-state index < -0.39 is 6.30 Å². The average molecular weight is 211 g/mol. The van der Waals surface area contributed by atoms with Gasteiger partial charge in [-0.2, -0.15) is 4.99 Å². The number of carbonyl (C=O) groups excluding carboxylic acids is 1. The van der Waals surface area contributed by atoms with Crippen LogP contribution in [0.3, 0.4) is 0 Å². The SMILES string of the molecule is COc1ccc(C(F)N=C=O)cc1OC. The van der Waals surface area contributed by atoms with Crippen molar-refractivity contribution in [1.29, 1.82) is 0 Å². The Morgan fingerprint density at radius 3 is 2.53 bits per heavy atom. The maximum absolute atomic E-state index is 13.2. The van der Waals surface area contributed by atoms with Crippen molar-refractivity contribution in [3.05, 3.63) is 23.8 Å². The molecule has 0 aromatic heterocycles. The lowest BCUT2D eigenvalue weighted by Crippen LogP contribution is -1.93. The zero-order valence-electron chi connectivity index (χ0n) is 8.36. The second-order valence-electron chi connectivity index (χ2n) is 2.67. The van der Waals surface area contributed by atoms with Crippen molar-refractivity contribution in [2.24, 2.45) is 4.99 Å². The molecule has 0 saturated heterocycles. The Labute approximate surface area is 86.3 Å². The third kappa shape index (κ3) is 2.54. The molecule has 0 bridgehead atoms. The van der Waals surface area contributed by atoms with Crippen molar-refractivity contribution in [3.8, 4) is 11.5 Å². The molecule has 4 nitrogen and oxygen atoms in total. The first-order valence-corrected chi connectivity index (χ1v) is 4.16. The van der Waals surface area contributed by atoms with E-state index in [0.29, 0.717) is 11.5 Å². The van der Waals surface area contributed by atoms with Gasteiger partial charge in [0, 0.05) is 5.56 Å². The molecule has 0 N–H and O–H groups in total. The van der Waals surface area contributed by atoms with Gasteiger partial charge in [-0.3, -0.25) is 0 Å². The second-order valence-corrected chi connectivity index (χ2v) is 2.67. The number of hydrogen-bond donors (Lipinski definition) is 0. The maximum Gasteiger partial charge on any atom is 0.238 e. The van der Waals surface area contributed by atoms with Gasteiger partial charge >= 0.3 is 0 Å². The van der Waals surface area contributed by atoms with Gasteiger partial charge in [-0.1, -0.05) is 6.07 Å². The molecule has 0 spiro atoms. The highest BCUT2D eigenvalue weighted by atomic mass is 19.1. The number of ether oxygens (including phenoxy) is 2. The lowest BCUT2D eigenvalue weighted by molar-refractivity contribution is 0.341. The summed E-state index contributed by atoms with van der Waals surface area (Å²) in [6, 6.07) is 4.43. The number of alkyl halides is 1. The van der Waals surface area contributed by atoms with Gasteiger partial charge < -0.3 is 9.47 Å². The molecule has 0 heterocycles. The largest absolute Gasteiger partial charge is 0.493 e. The lowest BCUT2D eigenvalue weighted by Gasteiger charge is -2.09. The van der Waals surface area contributed by atoms with Crippen LogP contribution >= 0.6 is 0 Å². The van der Waals surface area contributed by atoms with E-state index in [0.717, 1.165) is 6.08 Å². The van der Waals surface area contributed by atoms with Gasteiger partial charge in [0.15, 0.2) is 11.5 Å². The standard InChI is InChI=1S/C10H10FNO3/c1-14-8-4-3-7(5-9(8)15-2)10(11)12-6-13/h3-5,10H,1-2H3. The van der Waals surface area contributed by atoms with Crippen LogP contribution in [0.2, 0.25) is 0 Å². The van der Waals surface area contributed by atoms with Crippen molar-refractivity contribution in [2.75, 3.05) is 14.2 Å². The van der Waals surface area contributed by atoms with Crippen molar-refractivity contribution in [1.82, 2.24) is 0 Å². The van der Waals surface area contributed by atoms with Crippen LogP contribution in [0.25, 0.3) is 0 Å². The molecule has 0 radical (unpaired) electrons. The first kappa shape index (κ1) is 11.2. The minimum absolute atomic E-state index is 0.219. The number of benzene rings is 1. The van der Waals surface area contributed by atoms with Crippen LogP contribution in [-0.2, 0) is 4.79 Å². The van der Waals surface area contributed by atoms with Gasteiger partial charge in [0.2, 0.25) is 12.4 Å². The molecule has 5 heteroatoms. The highest BCUT2D eigenvalue weighted by Crippen LogP contribution is 2.31. The van der Waals surface area contributed by atoms with Crippen LogP contribution in [0, 0.1) is 0 Å². The lowest BCUT2D eigenvalue weighted by atomic mass is 10.2. The van der Waals surface area contributed by atoms with Crippen molar-refractivity contribution in [3.63, 3.8) is 0 Å². The van der Waals surface area contributed by atoms with Crippen LogP contribution in [0.4, 0.5) is 4.39 Å². The third-order valence-corrected chi connectivity index (χ3v) is 1.85. The monoisotopic (exact) mass is 211 g/mol. The maximum atomic E-state index is 13.2. The summed E-state index contributed by atoms with van der Waals surface area (Å²) in [4.78, 5) is 12.8. The minimum atomic E-state index is -1.72. The van der Waals surface area contributed by atoms with E-state index in [9.17, 15) is 9.18 Å². The van der Waals surface area contributed by atoms with Crippen molar-refractivity contribution in [2.45, 2.75) is 6.30 Å². The molecule has 0 amide bonds. The summed E-state index contributed by atoms with van der Waals surface area (Å²) >= 11 is 0. The molecule has 0 saturated carbocycles. The molecule has 1 unspecified atom stereocenters. The summed E-state index contributed by atoms with van der Waals surface area (Å²) in [6.45, 7) is 0. The molecule has 0 aliphatic carbocycles. The van der Waals surface area contributed by atoms with Crippen molar-refractivity contribution < 1.29 is 18.7 Å². The predicted octanol–water partition coefficient (Wildman–Crippen LogP) is 2.01. The number of hydrogen-bond acceptors (Lipinski definition) is 4. The highest BCUT2D eigenvalue weighted by molar-refractivity contribution is 5.44. The predicted molar refractivity (Wildman–Crippen MR) is 51.5 cm³/mol. The van der Waals surface area contributed by atoms with E-state index in [2.05, 4.69) is 4.99 Å². The van der Waals surface area contributed by atoms with Crippen LogP contribution in [0.5, 0.6) is 11.5 Å². The molecule has 1 aromatic carbocycles. The van der Waals surface area contributed by atoms with E-state index in [1.807, 2.05) is 0 Å². The Morgan fingerprint density at radius 1 is 1.33 bits per heavy atom. The molecule has 1 rings (SSSR count). The van der Waals surface area contributed by atoms with Crippen LogP contribution in [-0.4, -0.2) is 20.3 Å². The molecule has 1 aromatic rings. The minimum Gasteiger partial charge on any atom is -0.493 e. The summed E-state index contributed by atoms with van der Waals surface area (Å²) in [5.41, 5.74) is 0.219.